The van der Waals surface area contributed by atoms with E-state index in [0.717, 1.165) is 29.8 Å². The van der Waals surface area contributed by atoms with Gasteiger partial charge in [0.2, 0.25) is 0 Å². The van der Waals surface area contributed by atoms with Crippen molar-refractivity contribution < 1.29 is 0 Å². The van der Waals surface area contributed by atoms with E-state index in [1.165, 1.54) is 89.9 Å². The third-order valence-electron chi connectivity index (χ3n) is 7.62. The molecule has 3 aliphatic carbocycles. The first kappa shape index (κ1) is 17.6. The van der Waals surface area contributed by atoms with Crippen molar-refractivity contribution in [1.82, 2.24) is 10.6 Å². The molecule has 0 radical (unpaired) electrons. The molecule has 0 bridgehead atoms. The van der Waals surface area contributed by atoms with Crippen molar-refractivity contribution in [1.29, 1.82) is 0 Å². The quantitative estimate of drug-likeness (QED) is 0.682. The van der Waals surface area contributed by atoms with Gasteiger partial charge in [-0.1, -0.05) is 38.5 Å². The minimum atomic E-state index is 0.436. The zero-order valence-corrected chi connectivity index (χ0v) is 16.1. The van der Waals surface area contributed by atoms with Crippen molar-refractivity contribution in [3.05, 3.63) is 0 Å². The van der Waals surface area contributed by atoms with Gasteiger partial charge in [-0.25, -0.2) is 0 Å². The van der Waals surface area contributed by atoms with E-state index in [2.05, 4.69) is 10.6 Å². The highest BCUT2D eigenvalue weighted by Gasteiger charge is 2.44. The first-order chi connectivity index (χ1) is 11.8. The van der Waals surface area contributed by atoms with E-state index < -0.39 is 0 Å². The fourth-order valence-electron chi connectivity index (χ4n) is 6.20. The maximum atomic E-state index is 6.35. The van der Waals surface area contributed by atoms with Crippen LogP contribution in [0.5, 0.6) is 0 Å². The van der Waals surface area contributed by atoms with Crippen LogP contribution in [-0.2, 0) is 0 Å². The zero-order chi connectivity index (χ0) is 16.4. The van der Waals surface area contributed by atoms with Gasteiger partial charge in [-0.3, -0.25) is 10.6 Å². The van der Waals surface area contributed by atoms with Crippen LogP contribution in [0.1, 0.15) is 89.9 Å². The van der Waals surface area contributed by atoms with E-state index >= 15 is 0 Å². The molecule has 2 N–H and O–H groups in total. The lowest BCUT2D eigenvalue weighted by Crippen LogP contribution is -2.45. The fourth-order valence-corrected chi connectivity index (χ4v) is 6.45. The van der Waals surface area contributed by atoms with Crippen molar-refractivity contribution in [3.63, 3.8) is 0 Å². The number of rotatable bonds is 3. The highest BCUT2D eigenvalue weighted by molar-refractivity contribution is 6.20. The summed E-state index contributed by atoms with van der Waals surface area (Å²) in [6.07, 6.45) is 20.2. The smallest absolute Gasteiger partial charge is 0.0606 e. The third kappa shape index (κ3) is 3.96. The summed E-state index contributed by atoms with van der Waals surface area (Å²) in [6.45, 7) is 0. The monoisotopic (exact) mass is 352 g/mol. The van der Waals surface area contributed by atoms with Crippen LogP contribution in [0.3, 0.4) is 0 Å². The molecule has 4 rings (SSSR count). The normalized spacial score (nSPS) is 43.1. The van der Waals surface area contributed by atoms with Gasteiger partial charge in [0, 0.05) is 17.5 Å². The SMILES string of the molecule is ClC1CCC(C2NC(C3CCCCC3)C(C3CCCCC3)N2)CC1. The highest BCUT2D eigenvalue weighted by atomic mass is 35.5. The topological polar surface area (TPSA) is 24.1 Å². The molecule has 0 amide bonds. The lowest BCUT2D eigenvalue weighted by atomic mass is 9.75. The average molecular weight is 353 g/mol. The standard InChI is InChI=1S/C21H37ClN2/c22-18-13-11-17(12-14-18)21-23-19(15-7-3-1-4-8-15)20(24-21)16-9-5-2-6-10-16/h15-21,23-24H,1-14H2. The molecule has 0 aromatic heterocycles. The van der Waals surface area contributed by atoms with E-state index in [0.29, 0.717) is 11.5 Å². The molecule has 24 heavy (non-hydrogen) atoms. The van der Waals surface area contributed by atoms with Gasteiger partial charge >= 0.3 is 0 Å². The minimum absolute atomic E-state index is 0.436. The molecule has 1 heterocycles. The predicted molar refractivity (Wildman–Crippen MR) is 102 cm³/mol. The summed E-state index contributed by atoms with van der Waals surface area (Å²) in [5, 5.41) is 8.71. The van der Waals surface area contributed by atoms with Crippen LogP contribution in [-0.4, -0.2) is 23.6 Å². The Morgan fingerprint density at radius 1 is 0.500 bits per heavy atom. The second kappa shape index (κ2) is 8.27. The lowest BCUT2D eigenvalue weighted by Gasteiger charge is -2.36. The number of hydrogen-bond acceptors (Lipinski definition) is 2. The van der Waals surface area contributed by atoms with Crippen molar-refractivity contribution in [2.24, 2.45) is 17.8 Å². The van der Waals surface area contributed by atoms with Crippen molar-refractivity contribution in [2.75, 3.05) is 0 Å². The molecule has 4 aliphatic rings. The van der Waals surface area contributed by atoms with E-state index in [9.17, 15) is 0 Å². The van der Waals surface area contributed by atoms with E-state index in [-0.39, 0.29) is 0 Å². The van der Waals surface area contributed by atoms with E-state index in [1.807, 2.05) is 0 Å². The molecule has 0 aromatic carbocycles. The van der Waals surface area contributed by atoms with E-state index in [1.54, 1.807) is 0 Å². The van der Waals surface area contributed by atoms with Crippen LogP contribution in [0.15, 0.2) is 0 Å². The molecule has 1 aliphatic heterocycles. The first-order valence-electron chi connectivity index (χ1n) is 11.0. The Labute approximate surface area is 153 Å². The summed E-state index contributed by atoms with van der Waals surface area (Å²) in [5.74, 6) is 2.65. The number of hydrogen-bond donors (Lipinski definition) is 2. The molecule has 2 atom stereocenters. The Morgan fingerprint density at radius 2 is 0.958 bits per heavy atom. The second-order valence-electron chi connectivity index (χ2n) is 9.17. The van der Waals surface area contributed by atoms with Crippen LogP contribution in [0.25, 0.3) is 0 Å². The molecule has 1 saturated heterocycles. The molecule has 3 heteroatoms. The summed E-state index contributed by atoms with van der Waals surface area (Å²) in [5.41, 5.74) is 0. The number of nitrogens with one attached hydrogen (secondary N) is 2. The molecule has 4 fully saturated rings. The summed E-state index contributed by atoms with van der Waals surface area (Å²) >= 11 is 6.35. The zero-order valence-electron chi connectivity index (χ0n) is 15.3. The molecule has 2 nitrogen and oxygen atoms in total. The number of halogens is 1. The lowest BCUT2D eigenvalue weighted by molar-refractivity contribution is 0.205. The average Bonchev–Trinajstić information content (AvgIpc) is 3.09. The summed E-state index contributed by atoms with van der Waals surface area (Å²) in [6, 6.07) is 1.49. The van der Waals surface area contributed by atoms with Gasteiger partial charge in [-0.2, -0.15) is 0 Å². The minimum Gasteiger partial charge on any atom is -0.297 e. The second-order valence-corrected chi connectivity index (χ2v) is 9.79. The van der Waals surface area contributed by atoms with Crippen molar-refractivity contribution in [3.8, 4) is 0 Å². The molecule has 3 saturated carbocycles. The molecular weight excluding hydrogens is 316 g/mol. The molecule has 138 valence electrons. The Hall–Kier alpha value is 0.210. The largest absolute Gasteiger partial charge is 0.297 e. The Balaban J connectivity index is 1.44. The number of alkyl halides is 1. The van der Waals surface area contributed by atoms with Crippen molar-refractivity contribution in [2.45, 2.75) is 114 Å². The van der Waals surface area contributed by atoms with Gasteiger partial charge in [0.05, 0.1) is 6.17 Å². The first-order valence-corrected chi connectivity index (χ1v) is 11.4. The van der Waals surface area contributed by atoms with Crippen molar-refractivity contribution >= 4 is 11.6 Å². The van der Waals surface area contributed by atoms with Crippen LogP contribution < -0.4 is 10.6 Å². The highest BCUT2D eigenvalue weighted by Crippen LogP contribution is 2.39. The summed E-state index contributed by atoms with van der Waals surface area (Å²) in [7, 11) is 0. The summed E-state index contributed by atoms with van der Waals surface area (Å²) < 4.78 is 0. The van der Waals surface area contributed by atoms with Gasteiger partial charge in [-0.05, 0) is 69.1 Å². The molecule has 0 spiro atoms. The predicted octanol–water partition coefficient (Wildman–Crippen LogP) is 5.20. The van der Waals surface area contributed by atoms with Gasteiger partial charge < -0.3 is 0 Å². The van der Waals surface area contributed by atoms with Gasteiger partial charge in [-0.15, -0.1) is 11.6 Å². The maximum Gasteiger partial charge on any atom is 0.0606 e. The third-order valence-corrected chi connectivity index (χ3v) is 8.06. The van der Waals surface area contributed by atoms with Crippen LogP contribution in [0.2, 0.25) is 0 Å². The van der Waals surface area contributed by atoms with Gasteiger partial charge in [0.1, 0.15) is 0 Å². The van der Waals surface area contributed by atoms with Gasteiger partial charge in [0.15, 0.2) is 0 Å². The molecular formula is C21H37ClN2. The van der Waals surface area contributed by atoms with Crippen LogP contribution in [0, 0.1) is 17.8 Å². The Kier molecular flexibility index (Phi) is 6.07. The van der Waals surface area contributed by atoms with Crippen LogP contribution >= 0.6 is 11.6 Å². The Bertz CT molecular complexity index is 355. The fraction of sp³-hybridized carbons (Fsp3) is 1.00. The van der Waals surface area contributed by atoms with Gasteiger partial charge in [0.25, 0.3) is 0 Å². The molecule has 2 unspecified atom stereocenters. The summed E-state index contributed by atoms with van der Waals surface area (Å²) in [4.78, 5) is 0. The van der Waals surface area contributed by atoms with E-state index in [4.69, 9.17) is 11.6 Å². The Morgan fingerprint density at radius 3 is 1.42 bits per heavy atom. The maximum absolute atomic E-state index is 6.35. The van der Waals surface area contributed by atoms with Crippen LogP contribution in [0.4, 0.5) is 0 Å². The molecule has 0 aromatic rings.